The van der Waals surface area contributed by atoms with E-state index in [0.717, 1.165) is 24.0 Å². The Morgan fingerprint density at radius 2 is 1.83 bits per heavy atom. The van der Waals surface area contributed by atoms with Crippen molar-refractivity contribution in [3.63, 3.8) is 0 Å². The third-order valence-corrected chi connectivity index (χ3v) is 8.04. The van der Waals surface area contributed by atoms with Gasteiger partial charge in [-0.25, -0.2) is 8.42 Å². The molecule has 158 valence electrons. The molecule has 0 aromatic heterocycles. The molecule has 4 rings (SSSR count). The lowest BCUT2D eigenvalue weighted by Gasteiger charge is -2.27. The lowest BCUT2D eigenvalue weighted by atomic mass is 10.1. The van der Waals surface area contributed by atoms with Gasteiger partial charge in [0.2, 0.25) is 11.8 Å². The number of aryl methyl sites for hydroxylation is 2. The Morgan fingerprint density at radius 3 is 2.53 bits per heavy atom. The van der Waals surface area contributed by atoms with Gasteiger partial charge < -0.3 is 10.2 Å². The van der Waals surface area contributed by atoms with E-state index in [2.05, 4.69) is 10.0 Å². The first-order valence-electron chi connectivity index (χ1n) is 9.75. The average molecular weight is 446 g/mol. The predicted molar refractivity (Wildman–Crippen MR) is 117 cm³/mol. The zero-order chi connectivity index (χ0) is 21.5. The summed E-state index contributed by atoms with van der Waals surface area (Å²) in [7, 11) is -3.82. The number of sulfonamides is 1. The highest BCUT2D eigenvalue weighted by molar-refractivity contribution is 8.01. The lowest BCUT2D eigenvalue weighted by Crippen LogP contribution is -2.43. The van der Waals surface area contributed by atoms with E-state index < -0.39 is 21.2 Å². The minimum atomic E-state index is -3.82. The van der Waals surface area contributed by atoms with Gasteiger partial charge in [0.1, 0.15) is 0 Å². The molecule has 0 saturated carbocycles. The van der Waals surface area contributed by atoms with Crippen molar-refractivity contribution in [3.05, 3.63) is 47.5 Å². The Kier molecular flexibility index (Phi) is 5.50. The summed E-state index contributed by atoms with van der Waals surface area (Å²) in [6, 6.07) is 9.90. The third kappa shape index (κ3) is 4.04. The number of carbonyl (C=O) groups excluding carboxylic acids is 2. The zero-order valence-electron chi connectivity index (χ0n) is 16.8. The molecule has 30 heavy (non-hydrogen) atoms. The Labute approximate surface area is 180 Å². The molecule has 2 aliphatic rings. The summed E-state index contributed by atoms with van der Waals surface area (Å²) in [5.74, 6) is -0.602. The number of nitrogens with one attached hydrogen (secondary N) is 2. The molecule has 1 atom stereocenters. The van der Waals surface area contributed by atoms with Gasteiger partial charge in [-0.3, -0.25) is 14.3 Å². The van der Waals surface area contributed by atoms with Gasteiger partial charge in [0.05, 0.1) is 10.6 Å². The van der Waals surface area contributed by atoms with E-state index in [1.54, 1.807) is 23.1 Å². The molecule has 0 bridgehead atoms. The number of rotatable bonds is 4. The summed E-state index contributed by atoms with van der Waals surface area (Å²) in [4.78, 5) is 27.6. The maximum atomic E-state index is 12.8. The number of benzene rings is 2. The zero-order valence-corrected chi connectivity index (χ0v) is 18.4. The molecule has 2 amide bonds. The second-order valence-corrected chi connectivity index (χ2v) is 10.4. The van der Waals surface area contributed by atoms with Crippen molar-refractivity contribution in [2.24, 2.45) is 0 Å². The molecule has 1 saturated heterocycles. The fourth-order valence-corrected chi connectivity index (χ4v) is 5.67. The third-order valence-electron chi connectivity index (χ3n) is 5.40. The van der Waals surface area contributed by atoms with Crippen molar-refractivity contribution in [2.45, 2.75) is 41.7 Å². The van der Waals surface area contributed by atoms with Crippen LogP contribution in [0.4, 0.5) is 11.4 Å². The second kappa shape index (κ2) is 7.96. The maximum Gasteiger partial charge on any atom is 0.261 e. The van der Waals surface area contributed by atoms with Crippen LogP contribution in [0.5, 0.6) is 0 Å². The summed E-state index contributed by atoms with van der Waals surface area (Å²) in [6.45, 7) is 5.23. The molecule has 2 heterocycles. The van der Waals surface area contributed by atoms with Crippen LogP contribution < -0.4 is 10.0 Å². The molecular weight excluding hydrogens is 422 g/mol. The SMILES string of the molecule is Cc1ccc(NS(=O)(=O)c2ccc3c(c2)NC(=O)[C@@H](C(=O)N2CCCC2)S3)cc1C. The van der Waals surface area contributed by atoms with Crippen LogP contribution >= 0.6 is 11.8 Å². The van der Waals surface area contributed by atoms with Gasteiger partial charge in [0.15, 0.2) is 5.25 Å². The summed E-state index contributed by atoms with van der Waals surface area (Å²) in [6.07, 6.45) is 1.91. The minimum Gasteiger partial charge on any atom is -0.341 e. The molecule has 0 aliphatic carbocycles. The smallest absolute Gasteiger partial charge is 0.261 e. The predicted octanol–water partition coefficient (Wildman–Crippen LogP) is 3.14. The van der Waals surface area contributed by atoms with E-state index in [9.17, 15) is 18.0 Å². The number of thioether (sulfide) groups is 1. The van der Waals surface area contributed by atoms with Crippen LogP contribution in [0.2, 0.25) is 0 Å². The number of likely N-dealkylation sites (tertiary alicyclic amines) is 1. The van der Waals surface area contributed by atoms with Crippen molar-refractivity contribution in [1.29, 1.82) is 0 Å². The van der Waals surface area contributed by atoms with Crippen LogP contribution in [0.1, 0.15) is 24.0 Å². The van der Waals surface area contributed by atoms with Crippen LogP contribution in [0.15, 0.2) is 46.2 Å². The summed E-state index contributed by atoms with van der Waals surface area (Å²) in [5, 5.41) is 1.87. The minimum absolute atomic E-state index is 0.0460. The topological polar surface area (TPSA) is 95.6 Å². The molecule has 2 aliphatic heterocycles. The molecule has 9 heteroatoms. The number of amides is 2. The van der Waals surface area contributed by atoms with E-state index >= 15 is 0 Å². The van der Waals surface area contributed by atoms with E-state index in [1.807, 2.05) is 19.9 Å². The van der Waals surface area contributed by atoms with Gasteiger partial charge in [0, 0.05) is 23.7 Å². The van der Waals surface area contributed by atoms with Gasteiger partial charge in [0.25, 0.3) is 10.0 Å². The van der Waals surface area contributed by atoms with Crippen molar-refractivity contribution in [1.82, 2.24) is 4.90 Å². The molecule has 0 radical (unpaired) electrons. The standard InChI is InChI=1S/C21H23N3O4S2/c1-13-5-6-15(11-14(13)2)23-30(27,28)16-7-8-18-17(12-16)22-20(25)19(29-18)21(26)24-9-3-4-10-24/h5-8,11-12,19,23H,3-4,9-10H2,1-2H3,(H,22,25)/t19-/m0/s1. The summed E-state index contributed by atoms with van der Waals surface area (Å²) < 4.78 is 28.2. The molecule has 2 N–H and O–H groups in total. The van der Waals surface area contributed by atoms with Gasteiger partial charge in [-0.05, 0) is 68.1 Å². The Bertz CT molecular complexity index is 1130. The molecule has 2 aromatic carbocycles. The Balaban J connectivity index is 1.55. The van der Waals surface area contributed by atoms with E-state index in [1.165, 1.54) is 23.9 Å². The largest absolute Gasteiger partial charge is 0.341 e. The number of hydrogen-bond donors (Lipinski definition) is 2. The Morgan fingerprint density at radius 1 is 1.10 bits per heavy atom. The van der Waals surface area contributed by atoms with Gasteiger partial charge >= 0.3 is 0 Å². The van der Waals surface area contributed by atoms with Crippen LogP contribution in [0.3, 0.4) is 0 Å². The molecule has 2 aromatic rings. The number of hydrogen-bond acceptors (Lipinski definition) is 5. The number of carbonyl (C=O) groups is 2. The second-order valence-electron chi connectivity index (χ2n) is 7.58. The molecule has 1 fully saturated rings. The van der Waals surface area contributed by atoms with Crippen LogP contribution in [0, 0.1) is 13.8 Å². The Hall–Kier alpha value is -2.52. The summed E-state index contributed by atoms with van der Waals surface area (Å²) in [5.41, 5.74) is 2.94. The molecule has 0 unspecified atom stereocenters. The van der Waals surface area contributed by atoms with E-state index in [-0.39, 0.29) is 10.8 Å². The maximum absolute atomic E-state index is 12.8. The van der Waals surface area contributed by atoms with E-state index in [0.29, 0.717) is 29.4 Å². The van der Waals surface area contributed by atoms with Gasteiger partial charge in [-0.2, -0.15) is 0 Å². The number of anilines is 2. The van der Waals surface area contributed by atoms with Crippen molar-refractivity contribution < 1.29 is 18.0 Å². The van der Waals surface area contributed by atoms with Gasteiger partial charge in [-0.15, -0.1) is 11.8 Å². The van der Waals surface area contributed by atoms with Crippen LogP contribution in [-0.2, 0) is 19.6 Å². The first kappa shape index (κ1) is 20.7. The van der Waals surface area contributed by atoms with E-state index in [4.69, 9.17) is 0 Å². The normalized spacial score (nSPS) is 18.7. The average Bonchev–Trinajstić information content (AvgIpc) is 3.24. The molecular formula is C21H23N3O4S2. The highest BCUT2D eigenvalue weighted by Crippen LogP contribution is 2.38. The molecule has 0 spiro atoms. The van der Waals surface area contributed by atoms with Gasteiger partial charge in [-0.1, -0.05) is 6.07 Å². The molecule has 7 nitrogen and oxygen atoms in total. The quantitative estimate of drug-likeness (QED) is 0.705. The fourth-order valence-electron chi connectivity index (χ4n) is 3.54. The monoisotopic (exact) mass is 445 g/mol. The lowest BCUT2D eigenvalue weighted by molar-refractivity contribution is -0.133. The van der Waals surface area contributed by atoms with Crippen molar-refractivity contribution >= 4 is 45.0 Å². The number of nitrogens with zero attached hydrogens (tertiary/aromatic N) is 1. The van der Waals surface area contributed by atoms with Crippen LogP contribution in [-0.4, -0.2) is 43.5 Å². The first-order valence-corrected chi connectivity index (χ1v) is 12.1. The van der Waals surface area contributed by atoms with Crippen molar-refractivity contribution in [2.75, 3.05) is 23.1 Å². The highest BCUT2D eigenvalue weighted by atomic mass is 32.2. The van der Waals surface area contributed by atoms with Crippen LogP contribution in [0.25, 0.3) is 0 Å². The van der Waals surface area contributed by atoms with Crippen molar-refractivity contribution in [3.8, 4) is 0 Å². The summed E-state index contributed by atoms with van der Waals surface area (Å²) >= 11 is 1.17. The number of fused-ring (bicyclic) bond motifs is 1. The fraction of sp³-hybridized carbons (Fsp3) is 0.333. The highest BCUT2D eigenvalue weighted by Gasteiger charge is 2.37. The first-order chi connectivity index (χ1) is 14.2.